The summed E-state index contributed by atoms with van der Waals surface area (Å²) in [6.45, 7) is 0. The number of carboxylic acids is 1. The van der Waals surface area contributed by atoms with Gasteiger partial charge in [-0.05, 0) is 15.9 Å². The molecule has 1 rings (SSSR count). The SMILES string of the molecule is O=C(O)c1occ(Cl)c1Br. The Morgan fingerprint density at radius 1 is 1.80 bits per heavy atom. The summed E-state index contributed by atoms with van der Waals surface area (Å²) in [5, 5.41) is 8.66. The first-order valence-electron chi connectivity index (χ1n) is 2.28. The normalized spacial score (nSPS) is 9.80. The summed E-state index contributed by atoms with van der Waals surface area (Å²) in [5.41, 5.74) is 0. The molecule has 5 heteroatoms. The minimum Gasteiger partial charge on any atom is -0.475 e. The Kier molecular flexibility index (Phi) is 2.01. The van der Waals surface area contributed by atoms with E-state index in [2.05, 4.69) is 20.3 Å². The zero-order valence-electron chi connectivity index (χ0n) is 4.60. The van der Waals surface area contributed by atoms with Gasteiger partial charge < -0.3 is 9.52 Å². The number of furan rings is 1. The van der Waals surface area contributed by atoms with Crippen molar-refractivity contribution in [1.29, 1.82) is 0 Å². The molecule has 0 saturated carbocycles. The van der Waals surface area contributed by atoms with Crippen molar-refractivity contribution in [2.45, 2.75) is 0 Å². The molecule has 0 saturated heterocycles. The molecular formula is C5H2BrClO3. The van der Waals surface area contributed by atoms with Crippen molar-refractivity contribution >= 4 is 33.5 Å². The highest BCUT2D eigenvalue weighted by molar-refractivity contribution is 9.10. The number of hydrogen-bond donors (Lipinski definition) is 1. The lowest BCUT2D eigenvalue weighted by Crippen LogP contribution is -1.93. The fourth-order valence-corrected chi connectivity index (χ4v) is 0.954. The summed E-state index contributed by atoms with van der Waals surface area (Å²) in [6, 6.07) is 0. The van der Waals surface area contributed by atoms with E-state index in [0.717, 1.165) is 6.26 Å². The molecule has 0 fully saturated rings. The van der Waals surface area contributed by atoms with Crippen LogP contribution in [0.15, 0.2) is 15.2 Å². The predicted molar refractivity (Wildman–Crippen MR) is 38.4 cm³/mol. The van der Waals surface area contributed by atoms with Crippen LogP contribution in [0.5, 0.6) is 0 Å². The highest BCUT2D eigenvalue weighted by atomic mass is 79.9. The Morgan fingerprint density at radius 2 is 2.40 bits per heavy atom. The maximum atomic E-state index is 10.3. The molecular weight excluding hydrogens is 223 g/mol. The van der Waals surface area contributed by atoms with Gasteiger partial charge in [-0.2, -0.15) is 0 Å². The van der Waals surface area contributed by atoms with Crippen LogP contribution in [0.3, 0.4) is 0 Å². The topological polar surface area (TPSA) is 50.4 Å². The van der Waals surface area contributed by atoms with Gasteiger partial charge >= 0.3 is 5.97 Å². The van der Waals surface area contributed by atoms with Crippen molar-refractivity contribution < 1.29 is 14.3 Å². The minimum absolute atomic E-state index is 0.176. The third-order valence-electron chi connectivity index (χ3n) is 0.884. The molecule has 0 amide bonds. The van der Waals surface area contributed by atoms with Gasteiger partial charge in [-0.1, -0.05) is 11.6 Å². The monoisotopic (exact) mass is 224 g/mol. The second kappa shape index (κ2) is 2.64. The fraction of sp³-hybridized carbons (Fsp3) is 0. The van der Waals surface area contributed by atoms with Gasteiger partial charge in [0, 0.05) is 0 Å². The van der Waals surface area contributed by atoms with Crippen LogP contribution >= 0.6 is 27.5 Å². The van der Waals surface area contributed by atoms with E-state index >= 15 is 0 Å². The van der Waals surface area contributed by atoms with Crippen LogP contribution in [0.1, 0.15) is 10.6 Å². The smallest absolute Gasteiger partial charge is 0.373 e. The van der Waals surface area contributed by atoms with E-state index in [1.165, 1.54) is 0 Å². The molecule has 1 heterocycles. The molecule has 0 bridgehead atoms. The van der Waals surface area contributed by atoms with Gasteiger partial charge in [0.15, 0.2) is 0 Å². The van der Waals surface area contributed by atoms with E-state index in [-0.39, 0.29) is 15.3 Å². The Bertz CT molecular complexity index is 268. The summed E-state index contributed by atoms with van der Waals surface area (Å²) < 4.78 is 4.86. The van der Waals surface area contributed by atoms with Gasteiger partial charge in [0.1, 0.15) is 6.26 Å². The minimum atomic E-state index is -1.14. The summed E-state index contributed by atoms with van der Waals surface area (Å²) in [4.78, 5) is 10.3. The maximum absolute atomic E-state index is 10.3. The standard InChI is InChI=1S/C5H2BrClO3/c6-3-2(7)1-10-4(3)5(8)9/h1H,(H,8,9). The Hall–Kier alpha value is -0.480. The lowest BCUT2D eigenvalue weighted by atomic mass is 10.5. The predicted octanol–water partition coefficient (Wildman–Crippen LogP) is 2.39. The van der Waals surface area contributed by atoms with E-state index < -0.39 is 5.97 Å². The van der Waals surface area contributed by atoms with E-state index in [0.29, 0.717) is 0 Å². The number of hydrogen-bond acceptors (Lipinski definition) is 2. The van der Waals surface area contributed by atoms with Crippen LogP contribution in [0, 0.1) is 0 Å². The highest BCUT2D eigenvalue weighted by Gasteiger charge is 2.15. The summed E-state index contributed by atoms with van der Waals surface area (Å²) in [5.74, 6) is -1.32. The van der Waals surface area contributed by atoms with Crippen molar-refractivity contribution in [3.05, 3.63) is 21.5 Å². The molecule has 0 unspecified atom stereocenters. The molecule has 1 N–H and O–H groups in total. The largest absolute Gasteiger partial charge is 0.475 e. The highest BCUT2D eigenvalue weighted by Crippen LogP contribution is 2.27. The molecule has 0 aliphatic heterocycles. The van der Waals surface area contributed by atoms with Crippen molar-refractivity contribution in [1.82, 2.24) is 0 Å². The van der Waals surface area contributed by atoms with Crippen LogP contribution in [-0.2, 0) is 0 Å². The number of aromatic carboxylic acids is 1. The quantitative estimate of drug-likeness (QED) is 0.798. The van der Waals surface area contributed by atoms with E-state index in [4.69, 9.17) is 16.7 Å². The number of carbonyl (C=O) groups is 1. The zero-order valence-corrected chi connectivity index (χ0v) is 6.94. The number of rotatable bonds is 1. The lowest BCUT2D eigenvalue weighted by molar-refractivity contribution is 0.0661. The van der Waals surface area contributed by atoms with Gasteiger partial charge in [-0.3, -0.25) is 0 Å². The van der Waals surface area contributed by atoms with Gasteiger partial charge in [0.2, 0.25) is 5.76 Å². The third kappa shape index (κ3) is 1.17. The summed E-state index contributed by atoms with van der Waals surface area (Å²) >= 11 is 8.41. The molecule has 10 heavy (non-hydrogen) atoms. The molecule has 0 aromatic carbocycles. The third-order valence-corrected chi connectivity index (χ3v) is 2.18. The molecule has 54 valence electrons. The van der Waals surface area contributed by atoms with Crippen LogP contribution in [0.25, 0.3) is 0 Å². The number of halogens is 2. The summed E-state index contributed by atoms with van der Waals surface area (Å²) in [6.07, 6.45) is 1.16. The fourth-order valence-electron chi connectivity index (χ4n) is 0.467. The number of carboxylic acid groups (broad SMARTS) is 1. The Labute approximate surface area is 69.7 Å². The lowest BCUT2D eigenvalue weighted by Gasteiger charge is -1.85. The molecule has 0 aliphatic carbocycles. The molecule has 1 aromatic rings. The van der Waals surface area contributed by atoms with Gasteiger partial charge in [-0.15, -0.1) is 0 Å². The second-order valence-corrected chi connectivity index (χ2v) is 2.73. The van der Waals surface area contributed by atoms with Gasteiger partial charge in [0.25, 0.3) is 0 Å². The van der Waals surface area contributed by atoms with Gasteiger partial charge in [-0.25, -0.2) is 4.79 Å². The first-order chi connectivity index (χ1) is 4.63. The average molecular weight is 225 g/mol. The molecule has 1 aromatic heterocycles. The van der Waals surface area contributed by atoms with Crippen molar-refractivity contribution in [2.75, 3.05) is 0 Å². The van der Waals surface area contributed by atoms with Crippen molar-refractivity contribution in [3.8, 4) is 0 Å². The van der Waals surface area contributed by atoms with Crippen LogP contribution < -0.4 is 0 Å². The van der Waals surface area contributed by atoms with Gasteiger partial charge in [0.05, 0.1) is 9.50 Å². The molecule has 0 spiro atoms. The molecule has 0 atom stereocenters. The molecule has 0 aliphatic rings. The van der Waals surface area contributed by atoms with E-state index in [1.807, 2.05) is 0 Å². The van der Waals surface area contributed by atoms with Crippen molar-refractivity contribution in [3.63, 3.8) is 0 Å². The Morgan fingerprint density at radius 3 is 2.60 bits per heavy atom. The summed E-state index contributed by atoms with van der Waals surface area (Å²) in [7, 11) is 0. The Balaban J connectivity index is 3.17. The molecule has 3 nitrogen and oxygen atoms in total. The van der Waals surface area contributed by atoms with E-state index in [9.17, 15) is 4.79 Å². The van der Waals surface area contributed by atoms with Crippen LogP contribution in [0.2, 0.25) is 5.02 Å². The first-order valence-corrected chi connectivity index (χ1v) is 3.46. The van der Waals surface area contributed by atoms with Crippen LogP contribution in [-0.4, -0.2) is 11.1 Å². The maximum Gasteiger partial charge on any atom is 0.373 e. The second-order valence-electron chi connectivity index (χ2n) is 1.53. The first kappa shape index (κ1) is 7.63. The molecule has 0 radical (unpaired) electrons. The zero-order chi connectivity index (χ0) is 7.72. The van der Waals surface area contributed by atoms with E-state index in [1.54, 1.807) is 0 Å². The van der Waals surface area contributed by atoms with Crippen LogP contribution in [0.4, 0.5) is 0 Å². The average Bonchev–Trinajstić information content (AvgIpc) is 2.14. The van der Waals surface area contributed by atoms with Crippen molar-refractivity contribution in [2.24, 2.45) is 0 Å².